The van der Waals surface area contributed by atoms with Gasteiger partial charge in [-0.3, -0.25) is 9.79 Å². The number of carboxylic acids is 1. The Morgan fingerprint density at radius 1 is 1.17 bits per heavy atom. The van der Waals surface area contributed by atoms with E-state index in [0.717, 1.165) is 38.6 Å². The van der Waals surface area contributed by atoms with Crippen molar-refractivity contribution in [1.82, 2.24) is 25.6 Å². The number of rotatable bonds is 14. The molecule has 0 spiro atoms. The van der Waals surface area contributed by atoms with Crippen molar-refractivity contribution in [2.45, 2.75) is 57.4 Å². The average molecular weight is 567 g/mol. The van der Waals surface area contributed by atoms with E-state index in [0.29, 0.717) is 52.5 Å². The summed E-state index contributed by atoms with van der Waals surface area (Å²) in [6.45, 7) is 1.68. The lowest BCUT2D eigenvalue weighted by Crippen LogP contribution is -2.39. The molecular weight excluding hydrogens is 528 g/mol. The molecule has 13 heteroatoms. The molecule has 4 rings (SSSR count). The minimum atomic E-state index is -0.907. The van der Waals surface area contributed by atoms with E-state index in [2.05, 4.69) is 41.2 Å². The fraction of sp³-hybridized carbons (Fsp3) is 0.464. The first kappa shape index (κ1) is 29.6. The van der Waals surface area contributed by atoms with Crippen LogP contribution in [0.4, 0.5) is 22.0 Å². The number of carbonyl (C=O) groups is 2. The first-order chi connectivity index (χ1) is 19.9. The van der Waals surface area contributed by atoms with Crippen molar-refractivity contribution < 1.29 is 24.5 Å². The second-order valence-electron chi connectivity index (χ2n) is 9.93. The van der Waals surface area contributed by atoms with Crippen LogP contribution in [-0.2, 0) is 4.79 Å². The van der Waals surface area contributed by atoms with Crippen molar-refractivity contribution in [3.63, 3.8) is 0 Å². The highest BCUT2D eigenvalue weighted by molar-refractivity contribution is 6.06. The lowest BCUT2D eigenvalue weighted by atomic mass is 9.96. The summed E-state index contributed by atoms with van der Waals surface area (Å²) in [7, 11) is 1.89. The quantitative estimate of drug-likeness (QED) is 0.111. The van der Waals surface area contributed by atoms with Crippen LogP contribution in [0.25, 0.3) is 11.0 Å². The van der Waals surface area contributed by atoms with Crippen molar-refractivity contribution in [3.8, 4) is 11.6 Å². The van der Waals surface area contributed by atoms with Gasteiger partial charge in [0.05, 0.1) is 28.9 Å². The lowest BCUT2D eigenvalue weighted by molar-refractivity contribution is -0.137. The maximum absolute atomic E-state index is 12.7. The Bertz CT molecular complexity index is 1350. The first-order valence-corrected chi connectivity index (χ1v) is 14.0. The van der Waals surface area contributed by atoms with E-state index < -0.39 is 5.97 Å². The number of hydrogen-bond acceptors (Lipinski definition) is 9. The summed E-state index contributed by atoms with van der Waals surface area (Å²) in [6, 6.07) is 4.89. The number of aliphatic carboxylic acids is 1. The normalized spacial score (nSPS) is 13.9. The highest BCUT2D eigenvalue weighted by Gasteiger charge is 2.18. The van der Waals surface area contributed by atoms with Crippen LogP contribution in [0.15, 0.2) is 29.5 Å². The molecule has 2 aromatic heterocycles. The van der Waals surface area contributed by atoms with E-state index in [1.807, 2.05) is 7.05 Å². The number of hydrogen-bond donors (Lipinski definition) is 7. The smallest absolute Gasteiger partial charge is 0.319 e. The van der Waals surface area contributed by atoms with Crippen molar-refractivity contribution >= 4 is 46.4 Å². The van der Waals surface area contributed by atoms with Gasteiger partial charge >= 0.3 is 12.0 Å². The number of ether oxygens (including phenoxy) is 1. The minimum Gasteiger partial charge on any atom is -0.494 e. The third kappa shape index (κ3) is 8.55. The number of aromatic amines is 1. The molecular formula is C28H38N8O5. The summed E-state index contributed by atoms with van der Waals surface area (Å²) in [4.78, 5) is 39.6. The summed E-state index contributed by atoms with van der Waals surface area (Å²) in [6.07, 6.45) is 9.40. The number of nitrogens with zero attached hydrogens (tertiary/aromatic N) is 3. The number of aromatic hydroxyl groups is 1. The van der Waals surface area contributed by atoms with E-state index in [1.54, 1.807) is 18.2 Å². The molecule has 1 saturated carbocycles. The van der Waals surface area contributed by atoms with Gasteiger partial charge in [0.2, 0.25) is 0 Å². The van der Waals surface area contributed by atoms with Crippen molar-refractivity contribution in [2.75, 3.05) is 37.4 Å². The number of carbonyl (C=O) groups excluding carboxylic acids is 1. The molecule has 41 heavy (non-hydrogen) atoms. The molecule has 7 N–H and O–H groups in total. The Hall–Kier alpha value is -4.39. The zero-order valence-electron chi connectivity index (χ0n) is 23.2. The number of urea groups is 1. The van der Waals surface area contributed by atoms with Gasteiger partial charge in [0.15, 0.2) is 5.88 Å². The van der Waals surface area contributed by atoms with Gasteiger partial charge in [-0.15, -0.1) is 0 Å². The zero-order valence-corrected chi connectivity index (χ0v) is 23.2. The number of benzene rings is 1. The Balaban J connectivity index is 1.53. The maximum atomic E-state index is 12.7. The number of fused-ring (bicyclic) bond motifs is 1. The van der Waals surface area contributed by atoms with Gasteiger partial charge in [0, 0.05) is 31.3 Å². The van der Waals surface area contributed by atoms with Crippen LogP contribution in [0.3, 0.4) is 0 Å². The molecule has 2 heterocycles. The fourth-order valence-corrected chi connectivity index (χ4v) is 4.71. The van der Waals surface area contributed by atoms with Crippen molar-refractivity contribution in [2.24, 2.45) is 4.99 Å². The topological polar surface area (TPSA) is 186 Å². The van der Waals surface area contributed by atoms with Gasteiger partial charge in [-0.1, -0.05) is 19.3 Å². The van der Waals surface area contributed by atoms with Gasteiger partial charge in [0.25, 0.3) is 0 Å². The Labute approximate surface area is 238 Å². The summed E-state index contributed by atoms with van der Waals surface area (Å²) >= 11 is 0. The van der Waals surface area contributed by atoms with Crippen LogP contribution in [0, 0.1) is 0 Å². The number of amides is 2. The van der Waals surface area contributed by atoms with Crippen molar-refractivity contribution in [1.29, 1.82) is 0 Å². The molecule has 13 nitrogen and oxygen atoms in total. The molecule has 0 bridgehead atoms. The highest BCUT2D eigenvalue weighted by atomic mass is 16.5. The molecule has 1 aliphatic rings. The minimum absolute atomic E-state index is 0.0317. The maximum Gasteiger partial charge on any atom is 0.319 e. The molecule has 3 aromatic rings. The standard InChI is InChI=1S/C28H38N8O5/c1-29-12-6-13-30-25-24-20(27(39)36-26(24)33-17-32-25)16-31-19-10-11-21(22(15-19)41-14-5-9-23(37)38)35-28(40)34-18-7-3-2-4-8-18/h10-11,15-18,29,39H,2-9,12-14H2,1H3,(H,37,38)(H2,34,35,40)(H2,30,32,33,36). The second-order valence-corrected chi connectivity index (χ2v) is 9.93. The Morgan fingerprint density at radius 3 is 2.78 bits per heavy atom. The molecule has 0 aliphatic heterocycles. The predicted molar refractivity (Wildman–Crippen MR) is 158 cm³/mol. The molecule has 220 valence electrons. The molecule has 2 amide bonds. The van der Waals surface area contributed by atoms with Gasteiger partial charge in [-0.05, 0) is 51.4 Å². The van der Waals surface area contributed by atoms with Crippen LogP contribution in [0.1, 0.15) is 56.9 Å². The van der Waals surface area contributed by atoms with Crippen LogP contribution in [0.5, 0.6) is 11.6 Å². The van der Waals surface area contributed by atoms with Crippen LogP contribution >= 0.6 is 0 Å². The number of aromatic nitrogens is 3. The predicted octanol–water partition coefficient (Wildman–Crippen LogP) is 4.13. The van der Waals surface area contributed by atoms with Gasteiger partial charge in [-0.2, -0.15) is 0 Å². The lowest BCUT2D eigenvalue weighted by Gasteiger charge is -2.23. The average Bonchev–Trinajstić information content (AvgIpc) is 3.29. The fourth-order valence-electron chi connectivity index (χ4n) is 4.71. The van der Waals surface area contributed by atoms with E-state index in [4.69, 9.17) is 9.84 Å². The second kappa shape index (κ2) is 14.8. The molecule has 1 aromatic carbocycles. The van der Waals surface area contributed by atoms with Crippen LogP contribution in [-0.4, -0.2) is 76.2 Å². The van der Waals surface area contributed by atoms with Crippen LogP contribution in [0.2, 0.25) is 0 Å². The van der Waals surface area contributed by atoms with Crippen LogP contribution < -0.4 is 26.0 Å². The molecule has 0 unspecified atom stereocenters. The molecule has 0 radical (unpaired) electrons. The number of nitrogens with one attached hydrogen (secondary N) is 5. The molecule has 1 fully saturated rings. The van der Waals surface area contributed by atoms with Gasteiger partial charge < -0.3 is 41.2 Å². The number of anilines is 2. The number of H-pyrrole nitrogens is 1. The highest BCUT2D eigenvalue weighted by Crippen LogP contribution is 2.32. The number of carboxylic acid groups (broad SMARTS) is 1. The third-order valence-electron chi connectivity index (χ3n) is 6.79. The third-order valence-corrected chi connectivity index (χ3v) is 6.79. The van der Waals surface area contributed by atoms with Crippen molar-refractivity contribution in [3.05, 3.63) is 30.1 Å². The molecule has 0 saturated heterocycles. The number of aliphatic imine (C=N–C) groups is 1. The summed E-state index contributed by atoms with van der Waals surface area (Å²) < 4.78 is 5.86. The van der Waals surface area contributed by atoms with E-state index >= 15 is 0 Å². The van der Waals surface area contributed by atoms with E-state index in [-0.39, 0.29) is 31.0 Å². The van der Waals surface area contributed by atoms with Gasteiger partial charge in [0.1, 0.15) is 23.5 Å². The first-order valence-electron chi connectivity index (χ1n) is 14.0. The molecule has 0 atom stereocenters. The van der Waals surface area contributed by atoms with Gasteiger partial charge in [-0.25, -0.2) is 14.8 Å². The van der Waals surface area contributed by atoms with E-state index in [9.17, 15) is 14.7 Å². The SMILES string of the molecule is CNCCCNc1ncnc2[nH]c(O)c(C=Nc3ccc(NC(=O)NC4CCCCC4)c(OCCCC(=O)O)c3)c12. The largest absolute Gasteiger partial charge is 0.494 e. The monoisotopic (exact) mass is 566 g/mol. The van der Waals surface area contributed by atoms with E-state index in [1.165, 1.54) is 19.0 Å². The molecule has 1 aliphatic carbocycles. The zero-order chi connectivity index (χ0) is 29.0. The summed E-state index contributed by atoms with van der Waals surface area (Å²) in [5, 5.41) is 32.4. The Kier molecular flexibility index (Phi) is 10.7. The summed E-state index contributed by atoms with van der Waals surface area (Å²) in [5.74, 6) is -0.0572. The summed E-state index contributed by atoms with van der Waals surface area (Å²) in [5.41, 5.74) is 1.85. The Morgan fingerprint density at radius 2 is 2.00 bits per heavy atom.